The lowest BCUT2D eigenvalue weighted by Crippen LogP contribution is -2.43. The number of fused-ring (bicyclic) bond motifs is 1. The molecular weight excluding hydrogens is 252 g/mol. The SMILES string of the molecule is CC(C)(C)NC(=O)CNc1ccc(N)c2cnccc12. The number of anilines is 2. The summed E-state index contributed by atoms with van der Waals surface area (Å²) in [5.74, 6) is -0.0449. The minimum absolute atomic E-state index is 0.0449. The molecule has 1 heterocycles. The first kappa shape index (κ1) is 14.1. The first-order valence-electron chi connectivity index (χ1n) is 6.54. The molecule has 106 valence electrons. The summed E-state index contributed by atoms with van der Waals surface area (Å²) in [6, 6.07) is 5.58. The topological polar surface area (TPSA) is 80.0 Å². The van der Waals surface area contributed by atoms with E-state index in [0.29, 0.717) is 5.69 Å². The first-order valence-corrected chi connectivity index (χ1v) is 6.54. The summed E-state index contributed by atoms with van der Waals surface area (Å²) in [6.07, 6.45) is 3.44. The van der Waals surface area contributed by atoms with Crippen LogP contribution in [0.25, 0.3) is 10.8 Å². The number of benzene rings is 1. The number of aromatic nitrogens is 1. The summed E-state index contributed by atoms with van der Waals surface area (Å²) in [5.41, 5.74) is 7.24. The van der Waals surface area contributed by atoms with Crippen molar-refractivity contribution in [3.8, 4) is 0 Å². The lowest BCUT2D eigenvalue weighted by molar-refractivity contribution is -0.120. The van der Waals surface area contributed by atoms with Crippen LogP contribution in [0.2, 0.25) is 0 Å². The van der Waals surface area contributed by atoms with Gasteiger partial charge in [0.05, 0.1) is 6.54 Å². The van der Waals surface area contributed by atoms with Crippen molar-refractivity contribution in [1.82, 2.24) is 10.3 Å². The summed E-state index contributed by atoms with van der Waals surface area (Å²) < 4.78 is 0. The molecule has 0 unspecified atom stereocenters. The predicted molar refractivity (Wildman–Crippen MR) is 82.5 cm³/mol. The van der Waals surface area contributed by atoms with Crippen LogP contribution < -0.4 is 16.4 Å². The molecule has 4 N–H and O–H groups in total. The van der Waals surface area contributed by atoms with Crippen molar-refractivity contribution in [3.63, 3.8) is 0 Å². The maximum absolute atomic E-state index is 11.8. The Morgan fingerprint density at radius 1 is 1.25 bits per heavy atom. The molecule has 0 saturated carbocycles. The van der Waals surface area contributed by atoms with E-state index in [-0.39, 0.29) is 18.0 Å². The summed E-state index contributed by atoms with van der Waals surface area (Å²) in [7, 11) is 0. The molecule has 0 bridgehead atoms. The molecule has 20 heavy (non-hydrogen) atoms. The third-order valence-corrected chi connectivity index (χ3v) is 2.81. The first-order chi connectivity index (χ1) is 9.37. The Hall–Kier alpha value is -2.30. The number of rotatable bonds is 3. The van der Waals surface area contributed by atoms with Crippen LogP contribution in [0.3, 0.4) is 0 Å². The molecule has 5 heteroatoms. The number of nitrogens with zero attached hydrogens (tertiary/aromatic N) is 1. The molecule has 0 spiro atoms. The van der Waals surface area contributed by atoms with Crippen LogP contribution in [0.4, 0.5) is 11.4 Å². The molecule has 2 aromatic rings. The van der Waals surface area contributed by atoms with Gasteiger partial charge in [-0.25, -0.2) is 0 Å². The van der Waals surface area contributed by atoms with Gasteiger partial charge in [-0.1, -0.05) is 0 Å². The number of nitrogens with one attached hydrogen (secondary N) is 2. The number of carbonyl (C=O) groups excluding carboxylic acids is 1. The standard InChI is InChI=1S/C15H20N4O/c1-15(2,3)19-14(20)9-18-13-5-4-12(16)11-8-17-7-6-10(11)13/h4-8,18H,9,16H2,1-3H3,(H,19,20). The zero-order valence-corrected chi connectivity index (χ0v) is 12.0. The van der Waals surface area contributed by atoms with Gasteiger partial charge in [-0.05, 0) is 39.0 Å². The molecule has 0 aliphatic carbocycles. The van der Waals surface area contributed by atoms with Gasteiger partial charge in [-0.3, -0.25) is 9.78 Å². The molecule has 1 aromatic heterocycles. The molecule has 0 fully saturated rings. The van der Waals surface area contributed by atoms with Crippen LogP contribution in [0.15, 0.2) is 30.6 Å². The van der Waals surface area contributed by atoms with E-state index in [4.69, 9.17) is 5.73 Å². The molecule has 1 aromatic carbocycles. The maximum Gasteiger partial charge on any atom is 0.239 e. The average Bonchev–Trinajstić information content (AvgIpc) is 2.36. The fraction of sp³-hybridized carbons (Fsp3) is 0.333. The van der Waals surface area contributed by atoms with Gasteiger partial charge < -0.3 is 16.4 Å². The molecule has 0 atom stereocenters. The monoisotopic (exact) mass is 272 g/mol. The van der Waals surface area contributed by atoms with E-state index in [9.17, 15) is 4.79 Å². The van der Waals surface area contributed by atoms with E-state index in [0.717, 1.165) is 16.5 Å². The van der Waals surface area contributed by atoms with Crippen LogP contribution in [-0.2, 0) is 4.79 Å². The van der Waals surface area contributed by atoms with Crippen LogP contribution in [-0.4, -0.2) is 23.0 Å². The highest BCUT2D eigenvalue weighted by Crippen LogP contribution is 2.27. The van der Waals surface area contributed by atoms with Crippen molar-refractivity contribution >= 4 is 28.1 Å². The maximum atomic E-state index is 11.8. The highest BCUT2D eigenvalue weighted by molar-refractivity contribution is 6.01. The summed E-state index contributed by atoms with van der Waals surface area (Å²) in [6.45, 7) is 6.08. The van der Waals surface area contributed by atoms with Crippen molar-refractivity contribution < 1.29 is 4.79 Å². The second kappa shape index (κ2) is 5.36. The second-order valence-corrected chi connectivity index (χ2v) is 5.78. The van der Waals surface area contributed by atoms with Crippen LogP contribution in [0.5, 0.6) is 0 Å². The van der Waals surface area contributed by atoms with Gasteiger partial charge in [0.25, 0.3) is 0 Å². The summed E-state index contributed by atoms with van der Waals surface area (Å²) >= 11 is 0. The van der Waals surface area contributed by atoms with Crippen molar-refractivity contribution in [1.29, 1.82) is 0 Å². The van der Waals surface area contributed by atoms with E-state index in [2.05, 4.69) is 15.6 Å². The van der Waals surface area contributed by atoms with Crippen LogP contribution in [0, 0.1) is 0 Å². The number of hydrogen-bond acceptors (Lipinski definition) is 4. The van der Waals surface area contributed by atoms with Gasteiger partial charge in [0.15, 0.2) is 0 Å². The zero-order valence-electron chi connectivity index (χ0n) is 12.0. The Morgan fingerprint density at radius 2 is 2.00 bits per heavy atom. The molecular formula is C15H20N4O. The van der Waals surface area contributed by atoms with Crippen molar-refractivity contribution in [2.75, 3.05) is 17.6 Å². The van der Waals surface area contributed by atoms with Gasteiger partial charge in [0.2, 0.25) is 5.91 Å². The van der Waals surface area contributed by atoms with E-state index in [1.54, 1.807) is 12.4 Å². The van der Waals surface area contributed by atoms with Crippen LogP contribution in [0.1, 0.15) is 20.8 Å². The number of pyridine rings is 1. The lowest BCUT2D eigenvalue weighted by Gasteiger charge is -2.21. The van der Waals surface area contributed by atoms with Gasteiger partial charge in [0.1, 0.15) is 0 Å². The largest absolute Gasteiger partial charge is 0.398 e. The summed E-state index contributed by atoms with van der Waals surface area (Å²) in [4.78, 5) is 15.9. The molecule has 0 saturated heterocycles. The Kier molecular flexibility index (Phi) is 3.79. The Labute approximate surface area is 118 Å². The second-order valence-electron chi connectivity index (χ2n) is 5.78. The normalized spacial score (nSPS) is 11.3. The van der Waals surface area contributed by atoms with Crippen molar-refractivity contribution in [2.24, 2.45) is 0 Å². The Bertz CT molecular complexity index is 631. The average molecular weight is 272 g/mol. The number of nitrogens with two attached hydrogens (primary N) is 1. The van der Waals surface area contributed by atoms with Gasteiger partial charge in [0, 0.05) is 40.1 Å². The minimum atomic E-state index is -0.230. The van der Waals surface area contributed by atoms with Crippen molar-refractivity contribution in [3.05, 3.63) is 30.6 Å². The molecule has 0 aliphatic heterocycles. The molecule has 0 aliphatic rings. The van der Waals surface area contributed by atoms with E-state index >= 15 is 0 Å². The fourth-order valence-electron chi connectivity index (χ4n) is 2.00. The predicted octanol–water partition coefficient (Wildman–Crippen LogP) is 2.14. The number of amides is 1. The van der Waals surface area contributed by atoms with E-state index in [1.807, 2.05) is 39.0 Å². The fourth-order valence-corrected chi connectivity index (χ4v) is 2.00. The van der Waals surface area contributed by atoms with Gasteiger partial charge >= 0.3 is 0 Å². The van der Waals surface area contributed by atoms with Gasteiger partial charge in [-0.15, -0.1) is 0 Å². The smallest absolute Gasteiger partial charge is 0.239 e. The molecule has 5 nitrogen and oxygen atoms in total. The molecule has 1 amide bonds. The number of hydrogen-bond donors (Lipinski definition) is 3. The Balaban J connectivity index is 2.15. The van der Waals surface area contributed by atoms with Crippen molar-refractivity contribution in [2.45, 2.75) is 26.3 Å². The minimum Gasteiger partial charge on any atom is -0.398 e. The Morgan fingerprint density at radius 3 is 2.70 bits per heavy atom. The lowest BCUT2D eigenvalue weighted by atomic mass is 10.1. The van der Waals surface area contributed by atoms with E-state index < -0.39 is 0 Å². The quantitative estimate of drug-likeness (QED) is 0.748. The van der Waals surface area contributed by atoms with E-state index in [1.165, 1.54) is 0 Å². The molecule has 2 rings (SSSR count). The zero-order chi connectivity index (χ0) is 14.8. The molecule has 0 radical (unpaired) electrons. The number of nitrogen functional groups attached to an aromatic ring is 1. The third kappa shape index (κ3) is 3.38. The van der Waals surface area contributed by atoms with Gasteiger partial charge in [-0.2, -0.15) is 0 Å². The highest BCUT2D eigenvalue weighted by Gasteiger charge is 2.13. The van der Waals surface area contributed by atoms with Crippen LogP contribution >= 0.6 is 0 Å². The number of carbonyl (C=O) groups is 1. The summed E-state index contributed by atoms with van der Waals surface area (Å²) in [5, 5.41) is 7.90. The third-order valence-electron chi connectivity index (χ3n) is 2.81. The highest BCUT2D eigenvalue weighted by atomic mass is 16.2.